The number of hydrogen-bond acceptors (Lipinski definition) is 4. The van der Waals surface area contributed by atoms with Crippen LogP contribution < -0.4 is 0 Å². The minimum atomic E-state index is -0.672. The molecule has 0 fully saturated rings. The molecular formula is C19H19ClN2O2. The number of halogens is 1. The number of fused-ring (bicyclic) bond motifs is 3. The standard InChI is InChI=1S/C19H19ClN2O2/c1-23-12-13-24-19(14-6-8-15(20)9-7-14)17-5-3-2-4-16(17)18-21-10-11-22(18)19/h2-9H,10-13H2,1H3. The third-order valence-electron chi connectivity index (χ3n) is 4.59. The first-order valence-corrected chi connectivity index (χ1v) is 8.46. The van der Waals surface area contributed by atoms with Gasteiger partial charge in [0, 0.05) is 35.4 Å². The fourth-order valence-corrected chi connectivity index (χ4v) is 3.73. The second-order valence-electron chi connectivity index (χ2n) is 5.89. The van der Waals surface area contributed by atoms with Crippen molar-refractivity contribution in [1.82, 2.24) is 4.90 Å². The van der Waals surface area contributed by atoms with Gasteiger partial charge in [0.2, 0.25) is 0 Å². The second-order valence-corrected chi connectivity index (χ2v) is 6.33. The zero-order chi connectivity index (χ0) is 16.6. The van der Waals surface area contributed by atoms with Gasteiger partial charge in [-0.15, -0.1) is 0 Å². The summed E-state index contributed by atoms with van der Waals surface area (Å²) in [5, 5.41) is 0.715. The third kappa shape index (κ3) is 2.25. The number of hydrogen-bond donors (Lipinski definition) is 0. The molecule has 2 aromatic rings. The van der Waals surface area contributed by atoms with Crippen LogP contribution in [0.3, 0.4) is 0 Å². The summed E-state index contributed by atoms with van der Waals surface area (Å²) in [4.78, 5) is 6.97. The topological polar surface area (TPSA) is 34.1 Å². The Labute approximate surface area is 146 Å². The first-order valence-electron chi connectivity index (χ1n) is 8.08. The molecule has 4 rings (SSSR count). The van der Waals surface area contributed by atoms with Crippen molar-refractivity contribution in [2.45, 2.75) is 5.72 Å². The summed E-state index contributed by atoms with van der Waals surface area (Å²) in [6.45, 7) is 2.65. The van der Waals surface area contributed by atoms with E-state index in [4.69, 9.17) is 26.1 Å². The lowest BCUT2D eigenvalue weighted by atomic mass is 9.93. The van der Waals surface area contributed by atoms with E-state index in [1.807, 2.05) is 36.4 Å². The van der Waals surface area contributed by atoms with E-state index >= 15 is 0 Å². The molecule has 4 nitrogen and oxygen atoms in total. The molecule has 0 N–H and O–H groups in total. The Balaban J connectivity index is 1.89. The van der Waals surface area contributed by atoms with Crippen LogP contribution in [-0.2, 0) is 15.2 Å². The third-order valence-corrected chi connectivity index (χ3v) is 4.84. The molecule has 0 bridgehead atoms. The Hall–Kier alpha value is -1.88. The molecule has 0 aromatic heterocycles. The van der Waals surface area contributed by atoms with E-state index in [1.54, 1.807) is 7.11 Å². The predicted octanol–water partition coefficient (Wildman–Crippen LogP) is 3.28. The number of rotatable bonds is 5. The highest BCUT2D eigenvalue weighted by Gasteiger charge is 2.51. The summed E-state index contributed by atoms with van der Waals surface area (Å²) in [5.74, 6) is 1.01. The van der Waals surface area contributed by atoms with E-state index in [0.29, 0.717) is 18.2 Å². The summed E-state index contributed by atoms with van der Waals surface area (Å²) in [7, 11) is 1.68. The lowest BCUT2D eigenvalue weighted by Gasteiger charge is -2.39. The molecule has 0 aliphatic carbocycles. The molecule has 1 atom stereocenters. The van der Waals surface area contributed by atoms with Gasteiger partial charge in [-0.3, -0.25) is 4.99 Å². The van der Waals surface area contributed by atoms with Crippen molar-refractivity contribution in [3.63, 3.8) is 0 Å². The van der Waals surface area contributed by atoms with Crippen LogP contribution in [0.15, 0.2) is 53.5 Å². The highest BCUT2D eigenvalue weighted by atomic mass is 35.5. The van der Waals surface area contributed by atoms with Gasteiger partial charge < -0.3 is 14.4 Å². The Morgan fingerprint density at radius 1 is 1.12 bits per heavy atom. The van der Waals surface area contributed by atoms with E-state index in [2.05, 4.69) is 17.0 Å². The van der Waals surface area contributed by atoms with Crippen molar-refractivity contribution in [1.29, 1.82) is 0 Å². The summed E-state index contributed by atoms with van der Waals surface area (Å²) >= 11 is 6.10. The molecule has 0 saturated carbocycles. The van der Waals surface area contributed by atoms with Gasteiger partial charge in [0.05, 0.1) is 19.8 Å². The SMILES string of the molecule is COCCOC1(c2ccc(Cl)cc2)c2ccccc2C2=NCCN21. The molecule has 0 radical (unpaired) electrons. The van der Waals surface area contributed by atoms with Gasteiger partial charge in [-0.05, 0) is 12.1 Å². The minimum absolute atomic E-state index is 0.497. The quantitative estimate of drug-likeness (QED) is 0.782. The largest absolute Gasteiger partial charge is 0.382 e. The van der Waals surface area contributed by atoms with Crippen LogP contribution in [0, 0.1) is 0 Å². The summed E-state index contributed by atoms with van der Waals surface area (Å²) in [6, 6.07) is 16.2. The molecule has 5 heteroatoms. The van der Waals surface area contributed by atoms with Gasteiger partial charge >= 0.3 is 0 Å². The number of methoxy groups -OCH3 is 1. The van der Waals surface area contributed by atoms with E-state index < -0.39 is 5.72 Å². The molecule has 2 heterocycles. The van der Waals surface area contributed by atoms with Crippen LogP contribution in [0.5, 0.6) is 0 Å². The van der Waals surface area contributed by atoms with Gasteiger partial charge in [0.25, 0.3) is 0 Å². The van der Waals surface area contributed by atoms with Crippen molar-refractivity contribution in [2.24, 2.45) is 4.99 Å². The summed E-state index contributed by atoms with van der Waals surface area (Å²) in [5.41, 5.74) is 2.65. The van der Waals surface area contributed by atoms with Gasteiger partial charge in [0.1, 0.15) is 5.84 Å². The van der Waals surface area contributed by atoms with Crippen LogP contribution in [0.4, 0.5) is 0 Å². The molecule has 2 aliphatic rings. The van der Waals surface area contributed by atoms with E-state index in [0.717, 1.165) is 35.6 Å². The number of nitrogens with zero attached hydrogens (tertiary/aromatic N) is 2. The number of amidine groups is 1. The van der Waals surface area contributed by atoms with E-state index in [9.17, 15) is 0 Å². The van der Waals surface area contributed by atoms with Crippen LogP contribution in [0.1, 0.15) is 16.7 Å². The number of aliphatic imine (C=N–C) groups is 1. The van der Waals surface area contributed by atoms with Gasteiger partial charge in [-0.25, -0.2) is 0 Å². The van der Waals surface area contributed by atoms with Gasteiger partial charge in [-0.2, -0.15) is 0 Å². The molecule has 2 aliphatic heterocycles. The number of benzene rings is 2. The van der Waals surface area contributed by atoms with Crippen LogP contribution in [0.25, 0.3) is 0 Å². The van der Waals surface area contributed by atoms with Crippen molar-refractivity contribution >= 4 is 17.4 Å². The van der Waals surface area contributed by atoms with E-state index in [1.165, 1.54) is 0 Å². The van der Waals surface area contributed by atoms with Crippen molar-refractivity contribution in [3.05, 3.63) is 70.2 Å². The summed E-state index contributed by atoms with van der Waals surface area (Å²) in [6.07, 6.45) is 0. The van der Waals surface area contributed by atoms with Crippen LogP contribution in [-0.4, -0.2) is 44.1 Å². The normalized spacial score (nSPS) is 21.6. The molecule has 1 unspecified atom stereocenters. The molecule has 0 amide bonds. The minimum Gasteiger partial charge on any atom is -0.382 e. The monoisotopic (exact) mass is 342 g/mol. The van der Waals surface area contributed by atoms with E-state index in [-0.39, 0.29) is 0 Å². The van der Waals surface area contributed by atoms with Crippen LogP contribution in [0.2, 0.25) is 5.02 Å². The molecular weight excluding hydrogens is 324 g/mol. The van der Waals surface area contributed by atoms with Gasteiger partial charge in [0.15, 0.2) is 5.72 Å². The Morgan fingerprint density at radius 3 is 2.71 bits per heavy atom. The number of ether oxygens (including phenoxy) is 2. The maximum Gasteiger partial charge on any atom is 0.195 e. The lowest BCUT2D eigenvalue weighted by molar-refractivity contribution is -0.106. The fourth-order valence-electron chi connectivity index (χ4n) is 3.60. The first-order chi connectivity index (χ1) is 11.8. The molecule has 124 valence electrons. The van der Waals surface area contributed by atoms with Crippen molar-refractivity contribution in [2.75, 3.05) is 33.4 Å². The van der Waals surface area contributed by atoms with Gasteiger partial charge in [-0.1, -0.05) is 48.0 Å². The Morgan fingerprint density at radius 2 is 1.92 bits per heavy atom. The van der Waals surface area contributed by atoms with Crippen LogP contribution >= 0.6 is 11.6 Å². The molecule has 24 heavy (non-hydrogen) atoms. The van der Waals surface area contributed by atoms with Crippen molar-refractivity contribution in [3.8, 4) is 0 Å². The molecule has 2 aromatic carbocycles. The highest BCUT2D eigenvalue weighted by Crippen LogP contribution is 2.46. The average molecular weight is 343 g/mol. The zero-order valence-corrected chi connectivity index (χ0v) is 14.3. The summed E-state index contributed by atoms with van der Waals surface area (Å²) < 4.78 is 11.7. The lowest BCUT2D eigenvalue weighted by Crippen LogP contribution is -2.46. The maximum absolute atomic E-state index is 6.47. The Bertz CT molecular complexity index is 775. The van der Waals surface area contributed by atoms with Crippen molar-refractivity contribution < 1.29 is 9.47 Å². The maximum atomic E-state index is 6.47. The molecule has 0 saturated heterocycles. The molecule has 0 spiro atoms. The fraction of sp³-hybridized carbons (Fsp3) is 0.316. The smallest absolute Gasteiger partial charge is 0.195 e. The predicted molar refractivity (Wildman–Crippen MR) is 94.6 cm³/mol. The second kappa shape index (κ2) is 6.20. The zero-order valence-electron chi connectivity index (χ0n) is 13.5. The first kappa shape index (κ1) is 15.6. The Kier molecular flexibility index (Phi) is 4.04. The average Bonchev–Trinajstić information content (AvgIpc) is 3.18. The highest BCUT2D eigenvalue weighted by molar-refractivity contribution is 6.30.